The molecule has 0 aromatic rings. The van der Waals surface area contributed by atoms with Gasteiger partial charge in [0.25, 0.3) is 0 Å². The highest BCUT2D eigenvalue weighted by atomic mass is 16.6. The molecule has 0 saturated carbocycles. The maximum Gasteiger partial charge on any atom is 0.119 e. The SMILES string of the molecule is CCCCOCCOCCOCCOCC(C#N)NCC. The first-order valence-corrected chi connectivity index (χ1v) is 7.79. The van der Waals surface area contributed by atoms with Crippen LogP contribution in [0.15, 0.2) is 0 Å². The zero-order chi connectivity index (χ0) is 15.6. The van der Waals surface area contributed by atoms with E-state index in [1.54, 1.807) is 0 Å². The van der Waals surface area contributed by atoms with Gasteiger partial charge in [-0.1, -0.05) is 20.3 Å². The first-order chi connectivity index (χ1) is 10.3. The van der Waals surface area contributed by atoms with Crippen molar-refractivity contribution in [2.75, 3.05) is 59.4 Å². The van der Waals surface area contributed by atoms with Crippen LogP contribution in [-0.2, 0) is 18.9 Å². The lowest BCUT2D eigenvalue weighted by molar-refractivity contribution is -0.00296. The van der Waals surface area contributed by atoms with E-state index in [2.05, 4.69) is 18.3 Å². The summed E-state index contributed by atoms with van der Waals surface area (Å²) in [5.41, 5.74) is 0. The summed E-state index contributed by atoms with van der Waals surface area (Å²) in [5, 5.41) is 11.8. The molecule has 0 saturated heterocycles. The van der Waals surface area contributed by atoms with Crippen LogP contribution >= 0.6 is 0 Å². The number of ether oxygens (including phenoxy) is 4. The highest BCUT2D eigenvalue weighted by Crippen LogP contribution is 1.88. The number of likely N-dealkylation sites (N-methyl/N-ethyl adjacent to an activating group) is 1. The number of hydrogen-bond acceptors (Lipinski definition) is 6. The lowest BCUT2D eigenvalue weighted by atomic mass is 10.3. The second-order valence-corrected chi connectivity index (χ2v) is 4.50. The molecule has 0 spiro atoms. The molecule has 1 atom stereocenters. The van der Waals surface area contributed by atoms with Gasteiger partial charge in [-0.2, -0.15) is 5.26 Å². The standard InChI is InChI=1S/C15H30N2O4/c1-3-5-6-18-7-8-19-9-10-20-11-12-21-14-15(13-16)17-4-2/h15,17H,3-12,14H2,1-2H3. The van der Waals surface area contributed by atoms with Gasteiger partial charge >= 0.3 is 0 Å². The number of hydrogen-bond donors (Lipinski definition) is 1. The zero-order valence-electron chi connectivity index (χ0n) is 13.4. The molecule has 0 radical (unpaired) electrons. The Morgan fingerprint density at radius 2 is 1.38 bits per heavy atom. The molecule has 0 aliphatic rings. The minimum atomic E-state index is -0.244. The summed E-state index contributed by atoms with van der Waals surface area (Å²) in [4.78, 5) is 0. The van der Waals surface area contributed by atoms with Crippen molar-refractivity contribution in [2.45, 2.75) is 32.7 Å². The maximum absolute atomic E-state index is 8.80. The van der Waals surface area contributed by atoms with Crippen molar-refractivity contribution in [2.24, 2.45) is 0 Å². The molecule has 1 N–H and O–H groups in total. The first kappa shape index (κ1) is 20.3. The van der Waals surface area contributed by atoms with Gasteiger partial charge in [-0.3, -0.25) is 0 Å². The second-order valence-electron chi connectivity index (χ2n) is 4.50. The Bertz CT molecular complexity index is 246. The average Bonchev–Trinajstić information content (AvgIpc) is 2.50. The zero-order valence-corrected chi connectivity index (χ0v) is 13.4. The summed E-state index contributed by atoms with van der Waals surface area (Å²) in [6.07, 6.45) is 2.25. The van der Waals surface area contributed by atoms with Crippen LogP contribution in [0, 0.1) is 11.3 Å². The van der Waals surface area contributed by atoms with Crippen LogP contribution < -0.4 is 5.32 Å². The Hall–Kier alpha value is -0.710. The normalized spacial score (nSPS) is 12.2. The van der Waals surface area contributed by atoms with E-state index in [4.69, 9.17) is 24.2 Å². The third kappa shape index (κ3) is 15.5. The fourth-order valence-corrected chi connectivity index (χ4v) is 1.50. The van der Waals surface area contributed by atoms with Gasteiger partial charge in [-0.25, -0.2) is 0 Å². The molecule has 0 fully saturated rings. The Labute approximate surface area is 128 Å². The van der Waals surface area contributed by atoms with Crippen LogP contribution in [0.1, 0.15) is 26.7 Å². The molecule has 21 heavy (non-hydrogen) atoms. The Balaban J connectivity index is 3.10. The smallest absolute Gasteiger partial charge is 0.119 e. The Kier molecular flexibility index (Phi) is 16.8. The van der Waals surface area contributed by atoms with Crippen molar-refractivity contribution in [3.63, 3.8) is 0 Å². The molecule has 0 rings (SSSR count). The molecule has 0 aromatic heterocycles. The third-order valence-electron chi connectivity index (χ3n) is 2.65. The van der Waals surface area contributed by atoms with Crippen molar-refractivity contribution in [3.8, 4) is 6.07 Å². The molecule has 0 bridgehead atoms. The average molecular weight is 302 g/mol. The maximum atomic E-state index is 8.80. The van der Waals surface area contributed by atoms with Crippen LogP contribution in [0.4, 0.5) is 0 Å². The molecule has 0 heterocycles. The fraction of sp³-hybridized carbons (Fsp3) is 0.933. The predicted molar refractivity (Wildman–Crippen MR) is 81.3 cm³/mol. The number of nitriles is 1. The summed E-state index contributed by atoms with van der Waals surface area (Å²) < 4.78 is 21.4. The van der Waals surface area contributed by atoms with Crippen molar-refractivity contribution < 1.29 is 18.9 Å². The van der Waals surface area contributed by atoms with Crippen molar-refractivity contribution in [1.82, 2.24) is 5.32 Å². The molecule has 124 valence electrons. The molecule has 1 unspecified atom stereocenters. The number of nitrogens with zero attached hydrogens (tertiary/aromatic N) is 1. The molecule has 0 aliphatic heterocycles. The van der Waals surface area contributed by atoms with Gasteiger partial charge in [0.05, 0.1) is 52.3 Å². The van der Waals surface area contributed by atoms with Gasteiger partial charge < -0.3 is 24.3 Å². The summed E-state index contributed by atoms with van der Waals surface area (Å²) in [6, 6.07) is 1.89. The lowest BCUT2D eigenvalue weighted by Crippen LogP contribution is -2.32. The van der Waals surface area contributed by atoms with Gasteiger partial charge in [0, 0.05) is 6.61 Å². The predicted octanol–water partition coefficient (Wildman–Crippen LogP) is 1.35. The van der Waals surface area contributed by atoms with Crippen molar-refractivity contribution in [1.29, 1.82) is 5.26 Å². The third-order valence-corrected chi connectivity index (χ3v) is 2.65. The van der Waals surface area contributed by atoms with E-state index in [1.807, 2.05) is 6.92 Å². The largest absolute Gasteiger partial charge is 0.379 e. The first-order valence-electron chi connectivity index (χ1n) is 7.79. The van der Waals surface area contributed by atoms with Crippen LogP contribution in [0.3, 0.4) is 0 Å². The molecule has 0 aromatic carbocycles. The van der Waals surface area contributed by atoms with Crippen LogP contribution in [0.5, 0.6) is 0 Å². The quantitative estimate of drug-likeness (QED) is 0.434. The molecular weight excluding hydrogens is 272 g/mol. The molecule has 0 amide bonds. The van der Waals surface area contributed by atoms with E-state index in [9.17, 15) is 0 Å². The van der Waals surface area contributed by atoms with Crippen molar-refractivity contribution >= 4 is 0 Å². The topological polar surface area (TPSA) is 72.7 Å². The van der Waals surface area contributed by atoms with Crippen LogP contribution in [0.2, 0.25) is 0 Å². The highest BCUT2D eigenvalue weighted by Gasteiger charge is 2.04. The van der Waals surface area contributed by atoms with Gasteiger partial charge in [0.15, 0.2) is 0 Å². The molecule has 6 heteroatoms. The minimum absolute atomic E-state index is 0.244. The van der Waals surface area contributed by atoms with Crippen LogP contribution in [-0.4, -0.2) is 65.4 Å². The number of unbranched alkanes of at least 4 members (excludes halogenated alkanes) is 1. The van der Waals surface area contributed by atoms with Gasteiger partial charge in [0.1, 0.15) is 6.04 Å². The monoisotopic (exact) mass is 302 g/mol. The minimum Gasteiger partial charge on any atom is -0.379 e. The van der Waals surface area contributed by atoms with Gasteiger partial charge in [0.2, 0.25) is 0 Å². The van der Waals surface area contributed by atoms with Crippen LogP contribution in [0.25, 0.3) is 0 Å². The highest BCUT2D eigenvalue weighted by molar-refractivity contribution is 4.88. The van der Waals surface area contributed by atoms with E-state index in [0.29, 0.717) is 46.2 Å². The summed E-state index contributed by atoms with van der Waals surface area (Å²) in [5.74, 6) is 0. The Morgan fingerprint density at radius 1 is 0.857 bits per heavy atom. The Morgan fingerprint density at radius 3 is 1.86 bits per heavy atom. The summed E-state index contributed by atoms with van der Waals surface area (Å²) in [7, 11) is 0. The summed E-state index contributed by atoms with van der Waals surface area (Å²) in [6.45, 7) is 9.43. The van der Waals surface area contributed by atoms with Gasteiger partial charge in [-0.15, -0.1) is 0 Å². The van der Waals surface area contributed by atoms with E-state index >= 15 is 0 Å². The number of rotatable bonds is 16. The van der Waals surface area contributed by atoms with E-state index in [-0.39, 0.29) is 6.04 Å². The molecule has 6 nitrogen and oxygen atoms in total. The van der Waals surface area contributed by atoms with E-state index < -0.39 is 0 Å². The second kappa shape index (κ2) is 17.3. The lowest BCUT2D eigenvalue weighted by Gasteiger charge is -2.10. The van der Waals surface area contributed by atoms with E-state index in [0.717, 1.165) is 26.0 Å². The molecule has 0 aliphatic carbocycles. The van der Waals surface area contributed by atoms with E-state index in [1.165, 1.54) is 0 Å². The number of nitrogens with one attached hydrogen (secondary N) is 1. The van der Waals surface area contributed by atoms with Crippen molar-refractivity contribution in [3.05, 3.63) is 0 Å². The van der Waals surface area contributed by atoms with Gasteiger partial charge in [-0.05, 0) is 13.0 Å². The fourth-order valence-electron chi connectivity index (χ4n) is 1.50. The molecular formula is C15H30N2O4. The summed E-state index contributed by atoms with van der Waals surface area (Å²) >= 11 is 0.